The van der Waals surface area contributed by atoms with E-state index in [0.29, 0.717) is 11.9 Å². The van der Waals surface area contributed by atoms with E-state index in [2.05, 4.69) is 52.5 Å². The van der Waals surface area contributed by atoms with Crippen molar-refractivity contribution in [2.75, 3.05) is 5.88 Å². The fourth-order valence-corrected chi connectivity index (χ4v) is 4.42. The molecule has 0 bridgehead atoms. The van der Waals surface area contributed by atoms with E-state index in [1.54, 1.807) is 0 Å². The lowest BCUT2D eigenvalue weighted by atomic mass is 9.80. The van der Waals surface area contributed by atoms with Crippen molar-refractivity contribution in [3.8, 4) is 0 Å². The maximum Gasteiger partial charge on any atom is 0.111 e. The zero-order valence-corrected chi connectivity index (χ0v) is 15.0. The number of halogens is 2. The molecule has 21 heavy (non-hydrogen) atoms. The summed E-state index contributed by atoms with van der Waals surface area (Å²) in [6.07, 6.45) is 4.69. The van der Waals surface area contributed by atoms with Crippen molar-refractivity contribution in [1.82, 2.24) is 9.55 Å². The van der Waals surface area contributed by atoms with Gasteiger partial charge < -0.3 is 4.57 Å². The number of imidazole rings is 1. The smallest absolute Gasteiger partial charge is 0.111 e. The van der Waals surface area contributed by atoms with Gasteiger partial charge in [0.1, 0.15) is 5.82 Å². The lowest BCUT2D eigenvalue weighted by molar-refractivity contribution is 0.222. The minimum Gasteiger partial charge on any atom is -0.325 e. The second-order valence-corrected chi connectivity index (χ2v) is 7.83. The minimum absolute atomic E-state index is 0.563. The Morgan fingerprint density at radius 1 is 1.24 bits per heavy atom. The number of hydrogen-bond donors (Lipinski definition) is 0. The molecule has 2 aromatic rings. The standard InChI is InChI=1S/C17H22BrClN2/c1-11-7-12(2)9-14(8-11)21-16-4-3-13(18)10-15(16)20-17(21)5-6-19/h3-4,10-12,14H,5-9H2,1-2H3. The van der Waals surface area contributed by atoms with Crippen molar-refractivity contribution < 1.29 is 0 Å². The van der Waals surface area contributed by atoms with Crippen LogP contribution >= 0.6 is 27.5 Å². The van der Waals surface area contributed by atoms with Gasteiger partial charge in [0, 0.05) is 22.8 Å². The zero-order valence-electron chi connectivity index (χ0n) is 12.6. The van der Waals surface area contributed by atoms with E-state index in [4.69, 9.17) is 16.6 Å². The largest absolute Gasteiger partial charge is 0.325 e. The van der Waals surface area contributed by atoms with Gasteiger partial charge in [0.25, 0.3) is 0 Å². The zero-order chi connectivity index (χ0) is 15.0. The summed E-state index contributed by atoms with van der Waals surface area (Å²) in [6.45, 7) is 4.75. The van der Waals surface area contributed by atoms with Crippen LogP contribution in [0.3, 0.4) is 0 Å². The van der Waals surface area contributed by atoms with Crippen LogP contribution in [0, 0.1) is 11.8 Å². The Morgan fingerprint density at radius 3 is 2.62 bits per heavy atom. The number of benzene rings is 1. The first-order chi connectivity index (χ1) is 10.1. The Morgan fingerprint density at radius 2 is 1.95 bits per heavy atom. The van der Waals surface area contributed by atoms with Gasteiger partial charge in [0.05, 0.1) is 11.0 Å². The van der Waals surface area contributed by atoms with Crippen molar-refractivity contribution in [3.05, 3.63) is 28.5 Å². The van der Waals surface area contributed by atoms with E-state index in [-0.39, 0.29) is 0 Å². The third-order valence-electron chi connectivity index (χ3n) is 4.56. The number of aryl methyl sites for hydroxylation is 1. The molecule has 0 N–H and O–H groups in total. The summed E-state index contributed by atoms with van der Waals surface area (Å²) < 4.78 is 3.55. The fourth-order valence-electron chi connectivity index (χ4n) is 3.91. The van der Waals surface area contributed by atoms with Gasteiger partial charge in [-0.25, -0.2) is 4.98 Å². The number of nitrogens with zero attached hydrogens (tertiary/aromatic N) is 2. The molecule has 2 nitrogen and oxygen atoms in total. The molecular formula is C17H22BrClN2. The molecular weight excluding hydrogens is 348 g/mol. The molecule has 1 aromatic carbocycles. The Labute approximate surface area is 140 Å². The van der Waals surface area contributed by atoms with Gasteiger partial charge in [-0.2, -0.15) is 0 Å². The summed E-state index contributed by atoms with van der Waals surface area (Å²) >= 11 is 9.55. The average molecular weight is 370 g/mol. The van der Waals surface area contributed by atoms with E-state index in [1.165, 1.54) is 24.8 Å². The third-order valence-corrected chi connectivity index (χ3v) is 5.24. The molecule has 0 aliphatic heterocycles. The number of hydrogen-bond acceptors (Lipinski definition) is 1. The summed E-state index contributed by atoms with van der Waals surface area (Å²) in [4.78, 5) is 4.84. The normalized spacial score (nSPS) is 26.4. The van der Waals surface area contributed by atoms with E-state index in [1.807, 2.05) is 0 Å². The molecule has 0 radical (unpaired) electrons. The first-order valence-electron chi connectivity index (χ1n) is 7.80. The maximum absolute atomic E-state index is 6.00. The molecule has 1 aliphatic carbocycles. The predicted octanol–water partition coefficient (Wildman–Crippen LogP) is 5.58. The summed E-state index contributed by atoms with van der Waals surface area (Å²) in [5.41, 5.74) is 2.33. The topological polar surface area (TPSA) is 17.8 Å². The molecule has 0 spiro atoms. The summed E-state index contributed by atoms with van der Waals surface area (Å²) in [5, 5.41) is 0. The second kappa shape index (κ2) is 6.29. The summed E-state index contributed by atoms with van der Waals surface area (Å²) in [7, 11) is 0. The van der Waals surface area contributed by atoms with Crippen LogP contribution in [0.1, 0.15) is 45.0 Å². The number of alkyl halides is 1. The van der Waals surface area contributed by atoms with Crippen molar-refractivity contribution in [3.63, 3.8) is 0 Å². The average Bonchev–Trinajstić information content (AvgIpc) is 2.75. The highest BCUT2D eigenvalue weighted by molar-refractivity contribution is 9.10. The van der Waals surface area contributed by atoms with Crippen LogP contribution in [0.15, 0.2) is 22.7 Å². The highest BCUT2D eigenvalue weighted by atomic mass is 79.9. The van der Waals surface area contributed by atoms with Crippen LogP contribution in [0.25, 0.3) is 11.0 Å². The third kappa shape index (κ3) is 3.14. The maximum atomic E-state index is 6.00. The molecule has 2 atom stereocenters. The minimum atomic E-state index is 0.563. The van der Waals surface area contributed by atoms with Crippen molar-refractivity contribution >= 4 is 38.6 Å². The van der Waals surface area contributed by atoms with Gasteiger partial charge in [-0.15, -0.1) is 11.6 Å². The van der Waals surface area contributed by atoms with Crippen LogP contribution in [-0.4, -0.2) is 15.4 Å². The molecule has 114 valence electrons. The van der Waals surface area contributed by atoms with Gasteiger partial charge in [0.15, 0.2) is 0 Å². The SMILES string of the molecule is CC1CC(C)CC(n2c(CCCl)nc3cc(Br)ccc32)C1. The van der Waals surface area contributed by atoms with Gasteiger partial charge in [-0.05, 0) is 49.3 Å². The molecule has 1 heterocycles. The lowest BCUT2D eigenvalue weighted by Gasteiger charge is -2.33. The van der Waals surface area contributed by atoms with Crippen LogP contribution in [0.2, 0.25) is 0 Å². The van der Waals surface area contributed by atoms with Crippen LogP contribution in [0.4, 0.5) is 0 Å². The van der Waals surface area contributed by atoms with Crippen LogP contribution < -0.4 is 0 Å². The molecule has 0 saturated heterocycles. The molecule has 1 saturated carbocycles. The molecule has 0 amide bonds. The molecule has 2 unspecified atom stereocenters. The molecule has 1 fully saturated rings. The lowest BCUT2D eigenvalue weighted by Crippen LogP contribution is -2.24. The molecule has 1 aliphatic rings. The van der Waals surface area contributed by atoms with Gasteiger partial charge in [-0.1, -0.05) is 29.8 Å². The fraction of sp³-hybridized carbons (Fsp3) is 0.588. The van der Waals surface area contributed by atoms with Gasteiger partial charge >= 0.3 is 0 Å². The van der Waals surface area contributed by atoms with Crippen LogP contribution in [0.5, 0.6) is 0 Å². The van der Waals surface area contributed by atoms with E-state index in [0.717, 1.165) is 34.1 Å². The first kappa shape index (κ1) is 15.4. The monoisotopic (exact) mass is 368 g/mol. The Hall–Kier alpha value is -0.540. The summed E-state index contributed by atoms with van der Waals surface area (Å²) in [6, 6.07) is 6.97. The quantitative estimate of drug-likeness (QED) is 0.646. The predicted molar refractivity (Wildman–Crippen MR) is 93.1 cm³/mol. The molecule has 1 aromatic heterocycles. The molecule has 3 rings (SSSR count). The summed E-state index contributed by atoms with van der Waals surface area (Å²) in [5.74, 6) is 3.35. The molecule has 4 heteroatoms. The Kier molecular flexibility index (Phi) is 4.60. The Balaban J connectivity index is 2.08. The highest BCUT2D eigenvalue weighted by Gasteiger charge is 2.27. The van der Waals surface area contributed by atoms with Gasteiger partial charge in [-0.3, -0.25) is 0 Å². The van der Waals surface area contributed by atoms with Gasteiger partial charge in [0.2, 0.25) is 0 Å². The van der Waals surface area contributed by atoms with Crippen molar-refractivity contribution in [1.29, 1.82) is 0 Å². The Bertz CT molecular complexity index is 627. The highest BCUT2D eigenvalue weighted by Crippen LogP contribution is 2.38. The van der Waals surface area contributed by atoms with Crippen molar-refractivity contribution in [2.45, 2.75) is 45.6 Å². The van der Waals surface area contributed by atoms with Crippen molar-refractivity contribution in [2.24, 2.45) is 11.8 Å². The van der Waals surface area contributed by atoms with E-state index < -0.39 is 0 Å². The van der Waals surface area contributed by atoms with Crippen LogP contribution in [-0.2, 0) is 6.42 Å². The second-order valence-electron chi connectivity index (χ2n) is 6.54. The number of rotatable bonds is 3. The number of aromatic nitrogens is 2. The van der Waals surface area contributed by atoms with E-state index in [9.17, 15) is 0 Å². The van der Waals surface area contributed by atoms with E-state index >= 15 is 0 Å². The first-order valence-corrected chi connectivity index (χ1v) is 9.13. The number of fused-ring (bicyclic) bond motifs is 1.